The molecule has 0 aliphatic heterocycles. The van der Waals surface area contributed by atoms with Gasteiger partial charge in [-0.25, -0.2) is 4.98 Å². The second-order valence-electron chi connectivity index (χ2n) is 19.7. The second-order valence-corrected chi connectivity index (χ2v) is 19.7. The maximum absolute atomic E-state index is 11.6. The number of aryl methyl sites for hydroxylation is 1. The molecule has 8 aromatic rings. The number of phenols is 1. The second kappa shape index (κ2) is 19.4. The van der Waals surface area contributed by atoms with Crippen molar-refractivity contribution in [2.24, 2.45) is 0 Å². The number of para-hydroxylation sites is 2. The number of imidazole rings is 1. The SMILES string of the molecule is [2H]C([2H])([2H])c1cc(-c2c(C(C)(CC)CC)cccc2C(C)(CC)CC)ccc1-n1c(-c2ccccc2O)nc2c(-c3[c-]c(-c4cc(-c5ccc(C(C([2H])([2H])[2H])(C([2H])([2H])[2H])C([2H])([2H])[2H])cc5)ccn4)cc(C(C)(C)C)c3)cccc21.[Pt]. The van der Waals surface area contributed by atoms with Gasteiger partial charge in [0.15, 0.2) is 0 Å². The van der Waals surface area contributed by atoms with Crippen molar-refractivity contribution < 1.29 is 42.6 Å². The van der Waals surface area contributed by atoms with Crippen LogP contribution in [0.4, 0.5) is 0 Å². The van der Waals surface area contributed by atoms with Crippen molar-refractivity contribution in [3.05, 3.63) is 167 Å². The molecule has 8 rings (SSSR count). The minimum Gasteiger partial charge on any atom is -0.507 e. The Morgan fingerprint density at radius 2 is 1.22 bits per heavy atom. The average molecular weight is 1090 g/mol. The van der Waals surface area contributed by atoms with Crippen molar-refractivity contribution in [3.8, 4) is 67.5 Å². The summed E-state index contributed by atoms with van der Waals surface area (Å²) in [7, 11) is 0. The molecule has 0 radical (unpaired) electrons. The number of aromatic hydroxyl groups is 1. The van der Waals surface area contributed by atoms with E-state index in [4.69, 9.17) is 22.3 Å². The third-order valence-electron chi connectivity index (χ3n) is 14.6. The molecule has 0 amide bonds. The summed E-state index contributed by atoms with van der Waals surface area (Å²) in [5.41, 5.74) is 6.81. The monoisotopic (exact) mass is 1090 g/mol. The van der Waals surface area contributed by atoms with E-state index in [-0.39, 0.29) is 54.2 Å². The zero-order valence-electron chi connectivity index (χ0n) is 52.6. The van der Waals surface area contributed by atoms with Gasteiger partial charge in [0.2, 0.25) is 0 Å². The summed E-state index contributed by atoms with van der Waals surface area (Å²) in [6, 6.07) is 41.9. The number of hydrogen-bond donors (Lipinski definition) is 1. The topological polar surface area (TPSA) is 50.9 Å². The summed E-state index contributed by atoms with van der Waals surface area (Å²) in [5, 5.41) is 11.6. The van der Waals surface area contributed by atoms with E-state index in [0.717, 1.165) is 42.4 Å². The van der Waals surface area contributed by atoms with Gasteiger partial charge in [0.05, 0.1) is 22.3 Å². The summed E-state index contributed by atoms with van der Waals surface area (Å²) in [6.45, 7) is 6.94. The van der Waals surface area contributed by atoms with Crippen molar-refractivity contribution >= 4 is 11.0 Å². The van der Waals surface area contributed by atoms with Gasteiger partial charge in [-0.05, 0) is 135 Å². The van der Waals surface area contributed by atoms with Crippen molar-refractivity contribution in [2.75, 3.05) is 0 Å². The molecule has 0 saturated heterocycles. The minimum absolute atomic E-state index is 0. The van der Waals surface area contributed by atoms with Gasteiger partial charge in [0.25, 0.3) is 0 Å². The van der Waals surface area contributed by atoms with Crippen molar-refractivity contribution in [1.29, 1.82) is 0 Å². The molecule has 0 aliphatic carbocycles. The molecule has 0 spiro atoms. The van der Waals surface area contributed by atoms with Crippen molar-refractivity contribution in [1.82, 2.24) is 14.5 Å². The Hall–Kier alpha value is -5.57. The molecule has 1 N–H and O–H groups in total. The Morgan fingerprint density at radius 1 is 0.603 bits per heavy atom. The van der Waals surface area contributed by atoms with Crippen LogP contribution in [0.15, 0.2) is 134 Å². The van der Waals surface area contributed by atoms with Crippen LogP contribution >= 0.6 is 0 Å². The van der Waals surface area contributed by atoms with E-state index < -0.39 is 32.8 Å². The Kier molecular flexibility index (Phi) is 10.4. The van der Waals surface area contributed by atoms with E-state index in [1.54, 1.807) is 30.5 Å². The van der Waals surface area contributed by atoms with E-state index in [9.17, 15) is 9.22 Å². The first-order valence-electron chi connectivity index (χ1n) is 29.5. The fourth-order valence-corrected chi connectivity index (χ4v) is 9.38. The minimum atomic E-state index is -3.39. The summed E-state index contributed by atoms with van der Waals surface area (Å²) in [4.78, 5) is 10.1. The summed E-state index contributed by atoms with van der Waals surface area (Å²) in [6.07, 6.45) is 5.21. The molecule has 4 nitrogen and oxygen atoms in total. The van der Waals surface area contributed by atoms with E-state index >= 15 is 0 Å². The van der Waals surface area contributed by atoms with Crippen LogP contribution in [-0.4, -0.2) is 19.6 Å². The van der Waals surface area contributed by atoms with Gasteiger partial charge in [-0.15, -0.1) is 29.3 Å². The first-order chi connectivity index (χ1) is 36.8. The number of fused-ring (bicyclic) bond motifs is 1. The fourth-order valence-electron chi connectivity index (χ4n) is 9.38. The predicted octanol–water partition coefficient (Wildman–Crippen LogP) is 17.3. The Morgan fingerprint density at radius 3 is 1.84 bits per heavy atom. The zero-order valence-corrected chi connectivity index (χ0v) is 42.9. The van der Waals surface area contributed by atoms with E-state index in [1.807, 2.05) is 59.2 Å². The standard InChI is InChI=1S/C63H70N3O.Pt/c1-14-62(12,15-2)51-24-21-25-52(63(13,16-3)17-4)57(51)44-30-33-54(41(5)36-44)66-55-26-20-23-49(58(55)65-59(66)50-22-18-19-27-56(50)67)45-37-46(39-48(38-45)61(9,10)11)53-40-43(34-35-64-53)42-28-31-47(32-29-42)60(6,7)8;/h18-36,38-40,67H,14-17H2,1-13H3;/q-1;/i5D3,6D3,7D3,8D3;. The van der Waals surface area contributed by atoms with Crippen LogP contribution in [0.1, 0.15) is 153 Å². The molecule has 0 bridgehead atoms. The summed E-state index contributed by atoms with van der Waals surface area (Å²) >= 11 is 0. The molecule has 0 saturated carbocycles. The summed E-state index contributed by atoms with van der Waals surface area (Å²) < 4.78 is 103. The molecule has 6 aromatic carbocycles. The number of hydrogen-bond acceptors (Lipinski definition) is 3. The van der Waals surface area contributed by atoms with Crippen LogP contribution in [0.5, 0.6) is 5.75 Å². The molecule has 354 valence electrons. The molecular weight excluding hydrogens is 1010 g/mol. The van der Waals surface area contributed by atoms with Crippen molar-refractivity contribution in [2.45, 2.75) is 137 Å². The molecule has 0 atom stereocenters. The van der Waals surface area contributed by atoms with Gasteiger partial charge in [0.1, 0.15) is 11.6 Å². The van der Waals surface area contributed by atoms with Gasteiger partial charge >= 0.3 is 0 Å². The zero-order chi connectivity index (χ0) is 58.1. The molecule has 5 heteroatoms. The van der Waals surface area contributed by atoms with Gasteiger partial charge in [-0.1, -0.05) is 173 Å². The fraction of sp³-hybridized carbons (Fsp3) is 0.333. The molecule has 0 aliphatic rings. The maximum Gasteiger partial charge on any atom is 0.148 e. The van der Waals surface area contributed by atoms with Crippen LogP contribution in [0.25, 0.3) is 72.7 Å². The van der Waals surface area contributed by atoms with Crippen LogP contribution < -0.4 is 0 Å². The largest absolute Gasteiger partial charge is 0.507 e. The Balaban J connectivity index is 0.00000924. The van der Waals surface area contributed by atoms with Crippen LogP contribution in [-0.2, 0) is 42.7 Å². The van der Waals surface area contributed by atoms with Gasteiger partial charge in [-0.3, -0.25) is 9.55 Å². The maximum atomic E-state index is 11.6. The van der Waals surface area contributed by atoms with Gasteiger partial charge in [0, 0.05) is 49.4 Å². The third-order valence-corrected chi connectivity index (χ3v) is 14.6. The van der Waals surface area contributed by atoms with Crippen LogP contribution in [0.3, 0.4) is 0 Å². The van der Waals surface area contributed by atoms with Crippen molar-refractivity contribution in [3.63, 3.8) is 0 Å². The van der Waals surface area contributed by atoms with E-state index in [1.165, 1.54) is 35.4 Å². The van der Waals surface area contributed by atoms with Gasteiger partial charge in [-0.2, -0.15) is 0 Å². The quantitative estimate of drug-likeness (QED) is 0.124. The number of benzene rings is 6. The van der Waals surface area contributed by atoms with Gasteiger partial charge < -0.3 is 5.11 Å². The molecule has 68 heavy (non-hydrogen) atoms. The Bertz CT molecular complexity index is 3470. The number of pyridine rings is 1. The van der Waals surface area contributed by atoms with E-state index in [0.29, 0.717) is 61.6 Å². The smallest absolute Gasteiger partial charge is 0.148 e. The predicted molar refractivity (Wildman–Crippen MR) is 285 cm³/mol. The number of aromatic nitrogens is 3. The summed E-state index contributed by atoms with van der Waals surface area (Å²) in [5.74, 6) is 0.314. The Labute approximate surface area is 438 Å². The first-order valence-corrected chi connectivity index (χ1v) is 23.5. The number of rotatable bonds is 12. The molecule has 2 heterocycles. The average Bonchev–Trinajstić information content (AvgIpc) is 3.52. The van der Waals surface area contributed by atoms with Crippen LogP contribution in [0, 0.1) is 12.9 Å². The molecular formula is C63H70N3OPt-. The molecule has 0 fully saturated rings. The first kappa shape index (κ1) is 36.4. The molecule has 0 unspecified atom stereocenters. The van der Waals surface area contributed by atoms with Crippen LogP contribution in [0.2, 0.25) is 0 Å². The van der Waals surface area contributed by atoms with E-state index in [2.05, 4.69) is 92.6 Å². The number of phenolic OH excluding ortho intramolecular Hbond substituents is 1. The third kappa shape index (κ3) is 9.43. The normalized spacial score (nSPS) is 15.7. The number of nitrogens with zero attached hydrogens (tertiary/aromatic N) is 3. The molecule has 2 aromatic heterocycles.